The molecule has 34 heavy (non-hydrogen) atoms. The number of alkyl halides is 4. The van der Waals surface area contributed by atoms with Crippen molar-refractivity contribution >= 4 is 39.5 Å². The number of carbonyl (C=O) groups is 1. The largest absolute Gasteiger partial charge is 0.496 e. The third-order valence-electron chi connectivity index (χ3n) is 5.27. The highest BCUT2D eigenvalue weighted by Gasteiger charge is 2.33. The first-order valence-corrected chi connectivity index (χ1v) is 12.5. The predicted octanol–water partition coefficient (Wildman–Crippen LogP) is 7.32. The van der Waals surface area contributed by atoms with Crippen molar-refractivity contribution in [1.82, 2.24) is 0 Å². The average Bonchev–Trinajstić information content (AvgIpc) is 2.83. The number of methoxy groups -OCH3 is 1. The number of benzene rings is 3. The summed E-state index contributed by atoms with van der Waals surface area (Å²) in [5.41, 5.74) is 1.57. The van der Waals surface area contributed by atoms with Gasteiger partial charge in [0.15, 0.2) is 0 Å². The predicted molar refractivity (Wildman–Crippen MR) is 135 cm³/mol. The summed E-state index contributed by atoms with van der Waals surface area (Å²) >= 11 is 4.41. The van der Waals surface area contributed by atoms with Gasteiger partial charge in [0.1, 0.15) is 5.75 Å². The lowest BCUT2D eigenvalue weighted by molar-refractivity contribution is -0.137. The number of hydrogen-bond acceptors (Lipinski definition) is 4. The van der Waals surface area contributed by atoms with Crippen LogP contribution >= 0.6 is 27.9 Å². The third kappa shape index (κ3) is 6.34. The highest BCUT2D eigenvalue weighted by Crippen LogP contribution is 2.39. The third-order valence-corrected chi connectivity index (χ3v) is 6.42. The second-order valence-electron chi connectivity index (χ2n) is 7.50. The number of unbranched alkanes of at least 4 members (excludes halogenated alkanes) is 1. The van der Waals surface area contributed by atoms with Crippen LogP contribution in [0.4, 0.5) is 18.9 Å². The van der Waals surface area contributed by atoms with E-state index >= 15 is 0 Å². The fourth-order valence-corrected chi connectivity index (χ4v) is 4.43. The highest BCUT2D eigenvalue weighted by atomic mass is 79.9. The van der Waals surface area contributed by atoms with E-state index < -0.39 is 11.7 Å². The number of rotatable bonds is 9. The van der Waals surface area contributed by atoms with E-state index in [-0.39, 0.29) is 11.5 Å². The zero-order valence-corrected chi connectivity index (χ0v) is 20.8. The molecule has 0 heterocycles. The Morgan fingerprint density at radius 2 is 1.82 bits per heavy atom. The minimum atomic E-state index is -4.47. The number of nitrogens with two attached hydrogens (primary N) is 1. The van der Waals surface area contributed by atoms with Gasteiger partial charge in [-0.1, -0.05) is 40.2 Å². The molecule has 0 radical (unpaired) electrons. The van der Waals surface area contributed by atoms with Crippen LogP contribution in [0, 0.1) is 0 Å². The fraction of sp³-hybridized carbons (Fsp3) is 0.240. The second kappa shape index (κ2) is 11.8. The van der Waals surface area contributed by atoms with Crippen LogP contribution in [0.5, 0.6) is 5.75 Å². The van der Waals surface area contributed by atoms with E-state index in [1.807, 2.05) is 0 Å². The molecule has 0 aromatic heterocycles. The van der Waals surface area contributed by atoms with E-state index in [4.69, 9.17) is 9.88 Å². The van der Waals surface area contributed by atoms with Gasteiger partial charge in [-0.25, -0.2) is 0 Å². The van der Waals surface area contributed by atoms with E-state index in [2.05, 4.69) is 21.2 Å². The first-order chi connectivity index (χ1) is 16.3. The summed E-state index contributed by atoms with van der Waals surface area (Å²) in [6.07, 6.45) is -2.22. The number of halogens is 4. The molecule has 3 aromatic carbocycles. The summed E-state index contributed by atoms with van der Waals surface area (Å²) in [5.74, 6) is 0.122. The molecule has 0 fully saturated rings. The van der Waals surface area contributed by atoms with Crippen LogP contribution in [0.1, 0.15) is 34.3 Å². The van der Waals surface area contributed by atoms with Crippen LogP contribution < -0.4 is 15.2 Å². The van der Waals surface area contributed by atoms with Gasteiger partial charge in [-0.3, -0.25) is 9.93 Å². The molecule has 0 aliphatic rings. The van der Waals surface area contributed by atoms with Crippen LogP contribution in [0.25, 0.3) is 11.1 Å². The van der Waals surface area contributed by atoms with Crippen molar-refractivity contribution in [2.75, 3.05) is 17.8 Å². The zero-order valence-electron chi connectivity index (χ0n) is 18.4. The quantitative estimate of drug-likeness (QED) is 0.166. The van der Waals surface area contributed by atoms with Gasteiger partial charge in [-0.15, -0.1) is 0 Å². The Morgan fingerprint density at radius 3 is 2.50 bits per heavy atom. The van der Waals surface area contributed by atoms with Crippen molar-refractivity contribution in [3.63, 3.8) is 0 Å². The molecule has 3 N–H and O–H groups in total. The molecule has 1 amide bonds. The first kappa shape index (κ1) is 26.1. The molecule has 3 rings (SSSR count). The molecule has 0 aliphatic heterocycles. The summed E-state index contributed by atoms with van der Waals surface area (Å²) in [4.78, 5) is 13.5. The molecule has 9 heteroatoms. The van der Waals surface area contributed by atoms with E-state index in [9.17, 15) is 18.0 Å². The molecule has 180 valence electrons. The number of carbonyl (C=O) groups excluding carboxylic acids is 1. The molecule has 3 aromatic rings. The monoisotopic (exact) mass is 552 g/mol. The topological polar surface area (TPSA) is 64.3 Å². The summed E-state index contributed by atoms with van der Waals surface area (Å²) in [5, 5.41) is 9.24. The average molecular weight is 553 g/mol. The number of hydrogen-bond donors (Lipinski definition) is 2. The number of anilines is 1. The van der Waals surface area contributed by atoms with Crippen molar-refractivity contribution < 1.29 is 22.7 Å². The van der Waals surface area contributed by atoms with Crippen molar-refractivity contribution in [2.45, 2.75) is 30.3 Å². The van der Waals surface area contributed by atoms with Gasteiger partial charge < -0.3 is 10.1 Å². The van der Waals surface area contributed by atoms with E-state index in [0.29, 0.717) is 33.9 Å². The summed E-state index contributed by atoms with van der Waals surface area (Å²) in [6, 6.07) is 15.5. The molecule has 0 saturated heterocycles. The molecule has 0 unspecified atom stereocenters. The first-order valence-electron chi connectivity index (χ1n) is 10.5. The van der Waals surface area contributed by atoms with Gasteiger partial charge >= 0.3 is 6.18 Å². The van der Waals surface area contributed by atoms with Gasteiger partial charge in [0.2, 0.25) is 0 Å². The lowest BCUT2D eigenvalue weighted by Gasteiger charge is -2.17. The summed E-state index contributed by atoms with van der Waals surface area (Å²) in [6.45, 7) is 0. The second-order valence-corrected chi connectivity index (χ2v) is 8.97. The highest BCUT2D eigenvalue weighted by molar-refractivity contribution is 9.09. The molecular formula is C25H24BrF3N2O2S. The van der Waals surface area contributed by atoms with Crippen LogP contribution in [-0.2, 0) is 12.6 Å². The Hall–Kier alpha value is -2.49. The Balaban J connectivity index is 1.95. The van der Waals surface area contributed by atoms with Gasteiger partial charge in [0.25, 0.3) is 5.91 Å². The van der Waals surface area contributed by atoms with Crippen molar-refractivity contribution in [1.29, 1.82) is 0 Å². The van der Waals surface area contributed by atoms with Crippen LogP contribution in [0.15, 0.2) is 65.6 Å². The Morgan fingerprint density at radius 1 is 1.06 bits per heavy atom. The zero-order chi connectivity index (χ0) is 24.7. The minimum Gasteiger partial charge on any atom is -0.496 e. The maximum atomic E-state index is 13.6. The molecule has 4 nitrogen and oxygen atoms in total. The Bertz CT molecular complexity index is 1160. The normalized spacial score (nSPS) is 11.4. The SMILES string of the molecule is COc1cc(C(=O)Nc2ccc(-c3ccccc3C(F)(F)F)c(CCCCBr)c2)ccc1SN. The molecule has 0 atom stereocenters. The van der Waals surface area contributed by atoms with E-state index in [0.717, 1.165) is 41.7 Å². The van der Waals surface area contributed by atoms with Gasteiger partial charge in [-0.05, 0) is 84.3 Å². The molecule has 0 aliphatic carbocycles. The van der Waals surface area contributed by atoms with E-state index in [1.165, 1.54) is 19.2 Å². The number of nitrogens with one attached hydrogen (secondary N) is 1. The van der Waals surface area contributed by atoms with E-state index in [1.54, 1.807) is 42.5 Å². The molecular weight excluding hydrogens is 529 g/mol. The lowest BCUT2D eigenvalue weighted by Crippen LogP contribution is -2.13. The number of ether oxygens (including phenoxy) is 1. The van der Waals surface area contributed by atoms with Gasteiger partial charge in [-0.2, -0.15) is 13.2 Å². The van der Waals surface area contributed by atoms with Crippen molar-refractivity contribution in [3.05, 3.63) is 77.4 Å². The molecule has 0 saturated carbocycles. The van der Waals surface area contributed by atoms with Crippen molar-refractivity contribution in [2.24, 2.45) is 5.14 Å². The van der Waals surface area contributed by atoms with Gasteiger partial charge in [0.05, 0.1) is 17.6 Å². The van der Waals surface area contributed by atoms with Crippen LogP contribution in [0.3, 0.4) is 0 Å². The Kier molecular flexibility index (Phi) is 9.04. The maximum Gasteiger partial charge on any atom is 0.417 e. The van der Waals surface area contributed by atoms with Gasteiger partial charge in [0, 0.05) is 16.6 Å². The summed E-state index contributed by atoms with van der Waals surface area (Å²) in [7, 11) is 1.49. The molecule has 0 bridgehead atoms. The van der Waals surface area contributed by atoms with Crippen molar-refractivity contribution in [3.8, 4) is 16.9 Å². The lowest BCUT2D eigenvalue weighted by atomic mass is 9.92. The standard InChI is InChI=1S/C25H24BrF3N2O2S/c1-33-22-15-17(9-12-23(22)34-30)24(32)31-18-10-11-19(16(14-18)6-4-5-13-26)20-7-2-3-8-21(20)25(27,28)29/h2-3,7-12,14-15H,4-6,13,30H2,1H3,(H,31,32). The minimum absolute atomic E-state index is 0.126. The number of amides is 1. The van der Waals surface area contributed by atoms with Crippen LogP contribution in [-0.4, -0.2) is 18.3 Å². The van der Waals surface area contributed by atoms with Crippen LogP contribution in [0.2, 0.25) is 0 Å². The smallest absolute Gasteiger partial charge is 0.417 e. The maximum absolute atomic E-state index is 13.6. The summed E-state index contributed by atoms with van der Waals surface area (Å²) < 4.78 is 46.2. The Labute approximate surface area is 209 Å². The fourth-order valence-electron chi connectivity index (χ4n) is 3.63. The molecule has 0 spiro atoms. The number of aryl methyl sites for hydroxylation is 1.